The largest absolute Gasteiger partial charge is 0.391 e. The van der Waals surface area contributed by atoms with Crippen molar-refractivity contribution in [2.45, 2.75) is 31.9 Å². The smallest absolute Gasteiger partial charge is 0.317 e. The van der Waals surface area contributed by atoms with Gasteiger partial charge >= 0.3 is 6.03 Å². The maximum absolute atomic E-state index is 11.9. The summed E-state index contributed by atoms with van der Waals surface area (Å²) in [5.74, 6) is 0.291. The van der Waals surface area contributed by atoms with E-state index in [9.17, 15) is 9.90 Å². The number of carbonyl (C=O) groups excluding carboxylic acids is 1. The molecule has 0 aromatic rings. The zero-order chi connectivity index (χ0) is 11.5. The highest BCUT2D eigenvalue weighted by Crippen LogP contribution is 2.17. The molecule has 2 N–H and O–H groups in total. The van der Waals surface area contributed by atoms with E-state index >= 15 is 0 Å². The van der Waals surface area contributed by atoms with Crippen molar-refractivity contribution in [2.24, 2.45) is 5.92 Å². The molecular weight excluding hydrogens is 208 g/mol. The molecule has 0 spiro atoms. The van der Waals surface area contributed by atoms with Crippen LogP contribution in [0, 0.1) is 5.92 Å². The van der Waals surface area contributed by atoms with E-state index in [0.29, 0.717) is 19.1 Å². The first-order chi connectivity index (χ1) is 7.66. The minimum absolute atomic E-state index is 0.0681. The fraction of sp³-hybridized carbons (Fsp3) is 0.909. The first kappa shape index (κ1) is 11.7. The lowest BCUT2D eigenvalue weighted by Gasteiger charge is -2.34. The Labute approximate surface area is 95.8 Å². The summed E-state index contributed by atoms with van der Waals surface area (Å²) in [6, 6.07) is 0.0745. The number of urea groups is 1. The van der Waals surface area contributed by atoms with Crippen LogP contribution in [0.3, 0.4) is 0 Å². The molecule has 2 amide bonds. The minimum Gasteiger partial charge on any atom is -0.391 e. The standard InChI is InChI=1S/C11H20N2O3/c1-8-2-4-13(6-10(8)14)11(15)12-9-3-5-16-7-9/h8-10,14H,2-7H2,1H3,(H,12,15). The summed E-state index contributed by atoms with van der Waals surface area (Å²) in [5, 5.41) is 12.6. The number of nitrogens with one attached hydrogen (secondary N) is 1. The number of piperidine rings is 1. The molecule has 92 valence electrons. The highest BCUT2D eigenvalue weighted by molar-refractivity contribution is 5.74. The molecule has 16 heavy (non-hydrogen) atoms. The Kier molecular flexibility index (Phi) is 3.66. The summed E-state index contributed by atoms with van der Waals surface area (Å²) >= 11 is 0. The second-order valence-electron chi connectivity index (χ2n) is 4.79. The molecule has 5 heteroatoms. The number of β-amino-alcohol motifs (C(OH)–C–C–N with tert-alkyl or cyclic N) is 1. The Balaban J connectivity index is 1.80. The average Bonchev–Trinajstić information content (AvgIpc) is 2.74. The van der Waals surface area contributed by atoms with Gasteiger partial charge in [0.05, 0.1) is 18.8 Å². The zero-order valence-corrected chi connectivity index (χ0v) is 9.69. The maximum Gasteiger partial charge on any atom is 0.317 e. The van der Waals surface area contributed by atoms with Crippen LogP contribution in [0.2, 0.25) is 0 Å². The van der Waals surface area contributed by atoms with Crippen molar-refractivity contribution in [3.63, 3.8) is 0 Å². The van der Waals surface area contributed by atoms with E-state index in [4.69, 9.17) is 4.74 Å². The van der Waals surface area contributed by atoms with Gasteiger partial charge in [-0.25, -0.2) is 4.79 Å². The Hall–Kier alpha value is -0.810. The van der Waals surface area contributed by atoms with Gasteiger partial charge in [-0.3, -0.25) is 0 Å². The lowest BCUT2D eigenvalue weighted by Crippen LogP contribution is -2.51. The third-order valence-electron chi connectivity index (χ3n) is 3.46. The molecule has 0 bridgehead atoms. The van der Waals surface area contributed by atoms with Crippen molar-refractivity contribution in [2.75, 3.05) is 26.3 Å². The highest BCUT2D eigenvalue weighted by Gasteiger charge is 2.28. The highest BCUT2D eigenvalue weighted by atomic mass is 16.5. The van der Waals surface area contributed by atoms with Crippen molar-refractivity contribution in [3.8, 4) is 0 Å². The van der Waals surface area contributed by atoms with E-state index in [-0.39, 0.29) is 18.2 Å². The Bertz CT molecular complexity index is 254. The molecule has 2 aliphatic heterocycles. The molecule has 2 rings (SSSR count). The van der Waals surface area contributed by atoms with Gasteiger partial charge in [0.25, 0.3) is 0 Å². The molecule has 2 fully saturated rings. The van der Waals surface area contributed by atoms with Crippen LogP contribution in [0.15, 0.2) is 0 Å². The Morgan fingerprint density at radius 3 is 2.94 bits per heavy atom. The number of hydrogen-bond acceptors (Lipinski definition) is 3. The molecule has 0 aliphatic carbocycles. The number of likely N-dealkylation sites (tertiary alicyclic amines) is 1. The molecule has 0 aromatic heterocycles. The minimum atomic E-state index is -0.390. The quantitative estimate of drug-likeness (QED) is 0.673. The van der Waals surface area contributed by atoms with Crippen LogP contribution in [0.5, 0.6) is 0 Å². The van der Waals surface area contributed by atoms with Gasteiger partial charge in [-0.15, -0.1) is 0 Å². The van der Waals surface area contributed by atoms with Crippen molar-refractivity contribution in [1.82, 2.24) is 10.2 Å². The number of ether oxygens (including phenoxy) is 1. The molecule has 0 aromatic carbocycles. The molecule has 2 aliphatic rings. The second kappa shape index (κ2) is 5.01. The van der Waals surface area contributed by atoms with E-state index in [2.05, 4.69) is 5.32 Å². The topological polar surface area (TPSA) is 61.8 Å². The number of hydrogen-bond donors (Lipinski definition) is 2. The van der Waals surface area contributed by atoms with Gasteiger partial charge in [0, 0.05) is 19.7 Å². The van der Waals surface area contributed by atoms with Crippen LogP contribution in [0.1, 0.15) is 19.8 Å². The lowest BCUT2D eigenvalue weighted by molar-refractivity contribution is 0.0429. The number of rotatable bonds is 1. The number of carbonyl (C=O) groups is 1. The first-order valence-corrected chi connectivity index (χ1v) is 5.98. The number of nitrogens with zero attached hydrogens (tertiary/aromatic N) is 1. The van der Waals surface area contributed by atoms with Crippen molar-refractivity contribution >= 4 is 6.03 Å². The zero-order valence-electron chi connectivity index (χ0n) is 9.69. The number of aliphatic hydroxyl groups excluding tert-OH is 1. The Morgan fingerprint density at radius 1 is 1.50 bits per heavy atom. The van der Waals surface area contributed by atoms with Crippen LogP contribution in [-0.2, 0) is 4.74 Å². The third kappa shape index (κ3) is 2.65. The fourth-order valence-corrected chi connectivity index (χ4v) is 2.15. The van der Waals surface area contributed by atoms with Crippen LogP contribution in [-0.4, -0.2) is 54.5 Å². The summed E-state index contributed by atoms with van der Waals surface area (Å²) in [5.41, 5.74) is 0. The SMILES string of the molecule is CC1CCN(C(=O)NC2CCOC2)CC1O. The van der Waals surface area contributed by atoms with Gasteiger partial charge in [-0.05, 0) is 18.8 Å². The lowest BCUT2D eigenvalue weighted by atomic mass is 9.96. The van der Waals surface area contributed by atoms with Gasteiger partial charge in [0.2, 0.25) is 0 Å². The van der Waals surface area contributed by atoms with Crippen LogP contribution in [0.4, 0.5) is 4.79 Å². The Morgan fingerprint density at radius 2 is 2.31 bits per heavy atom. The summed E-state index contributed by atoms with van der Waals surface area (Å²) < 4.78 is 5.20. The van der Waals surface area contributed by atoms with Gasteiger partial charge in [-0.2, -0.15) is 0 Å². The predicted molar refractivity (Wildman–Crippen MR) is 59.1 cm³/mol. The maximum atomic E-state index is 11.9. The van der Waals surface area contributed by atoms with Crippen LogP contribution < -0.4 is 5.32 Å². The van der Waals surface area contributed by atoms with Crippen molar-refractivity contribution < 1.29 is 14.6 Å². The molecule has 2 saturated heterocycles. The van der Waals surface area contributed by atoms with Crippen LogP contribution in [0.25, 0.3) is 0 Å². The predicted octanol–water partition coefficient (Wildman–Crippen LogP) is 0.188. The normalized spacial score (nSPS) is 35.1. The molecule has 0 radical (unpaired) electrons. The average molecular weight is 228 g/mol. The summed E-state index contributed by atoms with van der Waals surface area (Å²) in [7, 11) is 0. The second-order valence-corrected chi connectivity index (χ2v) is 4.79. The molecule has 2 heterocycles. The molecule has 5 nitrogen and oxygen atoms in total. The number of aliphatic hydroxyl groups is 1. The summed E-state index contributed by atoms with van der Waals surface area (Å²) in [4.78, 5) is 13.6. The molecular formula is C11H20N2O3. The van der Waals surface area contributed by atoms with Gasteiger partial charge in [-0.1, -0.05) is 6.92 Å². The van der Waals surface area contributed by atoms with E-state index in [1.54, 1.807) is 4.90 Å². The molecule has 3 unspecified atom stereocenters. The van der Waals surface area contributed by atoms with Gasteiger partial charge < -0.3 is 20.1 Å². The number of amides is 2. The molecule has 0 saturated carbocycles. The summed E-state index contributed by atoms with van der Waals surface area (Å²) in [6.07, 6.45) is 1.37. The monoisotopic (exact) mass is 228 g/mol. The molecule has 3 atom stereocenters. The first-order valence-electron chi connectivity index (χ1n) is 5.98. The van der Waals surface area contributed by atoms with Crippen molar-refractivity contribution in [1.29, 1.82) is 0 Å². The van der Waals surface area contributed by atoms with E-state index in [1.165, 1.54) is 0 Å². The van der Waals surface area contributed by atoms with E-state index in [1.807, 2.05) is 6.92 Å². The third-order valence-corrected chi connectivity index (χ3v) is 3.46. The van der Waals surface area contributed by atoms with Gasteiger partial charge in [0.1, 0.15) is 0 Å². The fourth-order valence-electron chi connectivity index (χ4n) is 2.15. The van der Waals surface area contributed by atoms with E-state index in [0.717, 1.165) is 26.0 Å². The summed E-state index contributed by atoms with van der Waals surface area (Å²) in [6.45, 7) is 4.53. The van der Waals surface area contributed by atoms with Crippen molar-refractivity contribution in [3.05, 3.63) is 0 Å². The van der Waals surface area contributed by atoms with Crippen LogP contribution >= 0.6 is 0 Å². The van der Waals surface area contributed by atoms with E-state index < -0.39 is 0 Å². The van der Waals surface area contributed by atoms with Gasteiger partial charge in [0.15, 0.2) is 0 Å².